The van der Waals surface area contributed by atoms with Crippen molar-refractivity contribution < 1.29 is 18.3 Å². The lowest BCUT2D eigenvalue weighted by Crippen LogP contribution is -2.11. The van der Waals surface area contributed by atoms with Gasteiger partial charge in [0.05, 0.1) is 12.0 Å². The van der Waals surface area contributed by atoms with Crippen molar-refractivity contribution in [2.45, 2.75) is 4.90 Å². The number of methoxy groups -OCH3 is 1. The van der Waals surface area contributed by atoms with Crippen LogP contribution in [0.4, 0.5) is 0 Å². The first-order valence-corrected chi connectivity index (χ1v) is 9.04. The Bertz CT molecular complexity index is 995. The highest BCUT2D eigenvalue weighted by Crippen LogP contribution is 2.39. The van der Waals surface area contributed by atoms with Gasteiger partial charge in [-0.3, -0.25) is 0 Å². The van der Waals surface area contributed by atoms with E-state index in [1.54, 1.807) is 31.4 Å². The molecule has 3 N–H and O–H groups in total. The van der Waals surface area contributed by atoms with Gasteiger partial charge in [0.15, 0.2) is 0 Å². The van der Waals surface area contributed by atoms with Crippen LogP contribution in [0.5, 0.6) is 11.5 Å². The van der Waals surface area contributed by atoms with E-state index in [2.05, 4.69) is 0 Å². The third-order valence-electron chi connectivity index (χ3n) is 3.92. The van der Waals surface area contributed by atoms with Crippen LogP contribution in [-0.4, -0.2) is 20.6 Å². The molecule has 5 nitrogen and oxygen atoms in total. The first kappa shape index (κ1) is 17.0. The number of aromatic hydroxyl groups is 1. The molecule has 0 radical (unpaired) electrons. The number of phenols is 1. The lowest BCUT2D eigenvalue weighted by atomic mass is 9.94. The monoisotopic (exact) mass is 355 g/mol. The lowest BCUT2D eigenvalue weighted by molar-refractivity contribution is 0.415. The number of hydrogen-bond acceptors (Lipinski definition) is 4. The van der Waals surface area contributed by atoms with E-state index < -0.39 is 10.0 Å². The molecule has 0 aliphatic rings. The molecule has 0 aliphatic carbocycles. The van der Waals surface area contributed by atoms with E-state index in [9.17, 15) is 13.5 Å². The highest BCUT2D eigenvalue weighted by molar-refractivity contribution is 7.89. The summed E-state index contributed by atoms with van der Waals surface area (Å²) in [7, 11) is -2.15. The Hall–Kier alpha value is -2.83. The Morgan fingerprint density at radius 2 is 1.48 bits per heavy atom. The summed E-state index contributed by atoms with van der Waals surface area (Å²) in [6.07, 6.45) is 0. The van der Waals surface area contributed by atoms with E-state index in [4.69, 9.17) is 9.88 Å². The Kier molecular flexibility index (Phi) is 4.48. The van der Waals surface area contributed by atoms with Gasteiger partial charge in [-0.1, -0.05) is 36.4 Å². The van der Waals surface area contributed by atoms with E-state index in [1.807, 2.05) is 30.3 Å². The number of ether oxygens (including phenoxy) is 1. The fourth-order valence-electron chi connectivity index (χ4n) is 2.67. The first-order valence-electron chi connectivity index (χ1n) is 7.50. The number of sulfonamides is 1. The van der Waals surface area contributed by atoms with Crippen molar-refractivity contribution >= 4 is 10.0 Å². The number of primary sulfonamides is 1. The molecule has 0 saturated heterocycles. The van der Waals surface area contributed by atoms with Crippen LogP contribution in [0.25, 0.3) is 22.3 Å². The van der Waals surface area contributed by atoms with Crippen LogP contribution >= 0.6 is 0 Å². The summed E-state index contributed by atoms with van der Waals surface area (Å²) in [5.41, 5.74) is 3.04. The van der Waals surface area contributed by atoms with E-state index in [1.165, 1.54) is 12.1 Å². The quantitative estimate of drug-likeness (QED) is 0.751. The second-order valence-corrected chi connectivity index (χ2v) is 7.06. The van der Waals surface area contributed by atoms with Gasteiger partial charge < -0.3 is 9.84 Å². The van der Waals surface area contributed by atoms with Gasteiger partial charge in [-0.25, -0.2) is 13.6 Å². The topological polar surface area (TPSA) is 89.6 Å². The number of nitrogens with two attached hydrogens (primary N) is 1. The minimum Gasteiger partial charge on any atom is -0.507 e. The summed E-state index contributed by atoms with van der Waals surface area (Å²) in [5, 5.41) is 15.5. The minimum absolute atomic E-state index is 0.0439. The summed E-state index contributed by atoms with van der Waals surface area (Å²) in [5.74, 6) is 0.858. The Morgan fingerprint density at radius 1 is 0.880 bits per heavy atom. The highest BCUT2D eigenvalue weighted by Gasteiger charge is 2.13. The van der Waals surface area contributed by atoms with Crippen LogP contribution in [0.1, 0.15) is 0 Å². The lowest BCUT2D eigenvalue weighted by Gasteiger charge is -2.13. The number of rotatable bonds is 4. The molecule has 0 amide bonds. The van der Waals surface area contributed by atoms with Gasteiger partial charge in [0, 0.05) is 5.56 Å². The Labute approximate surface area is 146 Å². The summed E-state index contributed by atoms with van der Waals surface area (Å²) < 4.78 is 28.0. The van der Waals surface area contributed by atoms with Gasteiger partial charge in [-0.15, -0.1) is 0 Å². The molecule has 3 rings (SSSR count). The molecule has 128 valence electrons. The maximum atomic E-state index is 11.4. The molecule has 25 heavy (non-hydrogen) atoms. The summed E-state index contributed by atoms with van der Waals surface area (Å²) in [6, 6.07) is 18.8. The molecular weight excluding hydrogens is 338 g/mol. The minimum atomic E-state index is -3.74. The van der Waals surface area contributed by atoms with Crippen LogP contribution < -0.4 is 9.88 Å². The van der Waals surface area contributed by atoms with Crippen molar-refractivity contribution in [3.63, 3.8) is 0 Å². The molecule has 0 atom stereocenters. The summed E-state index contributed by atoms with van der Waals surface area (Å²) in [6.45, 7) is 0. The average Bonchev–Trinajstić information content (AvgIpc) is 2.61. The fraction of sp³-hybridized carbons (Fsp3) is 0.0526. The third kappa shape index (κ3) is 3.50. The van der Waals surface area contributed by atoms with Gasteiger partial charge in [0.25, 0.3) is 0 Å². The van der Waals surface area contributed by atoms with Gasteiger partial charge in [-0.2, -0.15) is 0 Å². The van der Waals surface area contributed by atoms with Gasteiger partial charge in [-0.05, 0) is 47.0 Å². The van der Waals surface area contributed by atoms with E-state index >= 15 is 0 Å². The Morgan fingerprint density at radius 3 is 2.04 bits per heavy atom. The zero-order chi connectivity index (χ0) is 18.0. The molecule has 0 spiro atoms. The van der Waals surface area contributed by atoms with Crippen LogP contribution in [0.15, 0.2) is 71.6 Å². The molecule has 0 saturated carbocycles. The van der Waals surface area contributed by atoms with Crippen LogP contribution in [0, 0.1) is 0 Å². The zero-order valence-corrected chi connectivity index (χ0v) is 14.3. The largest absolute Gasteiger partial charge is 0.507 e. The van der Waals surface area contributed by atoms with Gasteiger partial charge in [0.2, 0.25) is 10.0 Å². The maximum absolute atomic E-state index is 11.4. The Balaban J connectivity index is 2.12. The van der Waals surface area contributed by atoms with Crippen molar-refractivity contribution in [2.75, 3.05) is 7.11 Å². The third-order valence-corrected chi connectivity index (χ3v) is 4.84. The standard InChI is InChI=1S/C19H17NO4S/c1-24-15-9-5-14(6-10-15)19-17(3-2-4-18(19)21)13-7-11-16(12-8-13)25(20,22)23/h2-12,21H,1H3,(H2,20,22,23). The molecule has 3 aromatic carbocycles. The SMILES string of the molecule is COc1ccc(-c2c(O)cccc2-c2ccc(S(N)(=O)=O)cc2)cc1. The normalized spacial score (nSPS) is 11.3. The molecule has 6 heteroatoms. The molecule has 0 bridgehead atoms. The van der Waals surface area contributed by atoms with Crippen LogP contribution in [0.3, 0.4) is 0 Å². The second-order valence-electron chi connectivity index (χ2n) is 5.50. The number of hydrogen-bond donors (Lipinski definition) is 2. The second kappa shape index (κ2) is 6.58. The molecule has 0 heterocycles. The first-order chi connectivity index (χ1) is 11.9. The van der Waals surface area contributed by atoms with Crippen LogP contribution in [-0.2, 0) is 10.0 Å². The predicted molar refractivity (Wildman–Crippen MR) is 96.9 cm³/mol. The van der Waals surface area contributed by atoms with Gasteiger partial charge >= 0.3 is 0 Å². The zero-order valence-electron chi connectivity index (χ0n) is 13.5. The maximum Gasteiger partial charge on any atom is 0.238 e. The van der Waals surface area contributed by atoms with Crippen molar-refractivity contribution in [1.29, 1.82) is 0 Å². The highest BCUT2D eigenvalue weighted by atomic mass is 32.2. The average molecular weight is 355 g/mol. The van der Waals surface area contributed by atoms with E-state index in [0.717, 1.165) is 22.4 Å². The fourth-order valence-corrected chi connectivity index (χ4v) is 3.18. The smallest absolute Gasteiger partial charge is 0.238 e. The van der Waals surface area contributed by atoms with E-state index in [0.29, 0.717) is 5.56 Å². The van der Waals surface area contributed by atoms with Crippen molar-refractivity contribution in [1.82, 2.24) is 0 Å². The summed E-state index contributed by atoms with van der Waals surface area (Å²) >= 11 is 0. The molecule has 3 aromatic rings. The molecule has 0 fully saturated rings. The van der Waals surface area contributed by atoms with E-state index in [-0.39, 0.29) is 10.6 Å². The predicted octanol–water partition coefficient (Wildman–Crippen LogP) is 3.38. The van der Waals surface area contributed by atoms with Crippen molar-refractivity contribution in [3.05, 3.63) is 66.7 Å². The number of benzene rings is 3. The number of phenolic OH excluding ortho intramolecular Hbond substituents is 1. The van der Waals surface area contributed by atoms with Crippen molar-refractivity contribution in [2.24, 2.45) is 5.14 Å². The molecule has 0 unspecified atom stereocenters. The molecule has 0 aromatic heterocycles. The molecule has 0 aliphatic heterocycles. The summed E-state index contributed by atoms with van der Waals surface area (Å²) in [4.78, 5) is 0.0439. The molecular formula is C19H17NO4S. The van der Waals surface area contributed by atoms with Crippen molar-refractivity contribution in [3.8, 4) is 33.8 Å². The van der Waals surface area contributed by atoms with Crippen LogP contribution in [0.2, 0.25) is 0 Å². The van der Waals surface area contributed by atoms with Gasteiger partial charge in [0.1, 0.15) is 11.5 Å².